The Bertz CT molecular complexity index is 640. The number of hydrogen-bond donors (Lipinski definition) is 1. The minimum absolute atomic E-state index is 0.00949. The lowest BCUT2D eigenvalue weighted by atomic mass is 9.97. The van der Waals surface area contributed by atoms with Crippen molar-refractivity contribution in [3.05, 3.63) is 40.4 Å². The van der Waals surface area contributed by atoms with E-state index in [2.05, 4.69) is 11.4 Å². The largest absolute Gasteiger partial charge is 0.354 e. The first kappa shape index (κ1) is 18.5. The van der Waals surface area contributed by atoms with Crippen molar-refractivity contribution >= 4 is 29.1 Å². The Morgan fingerprint density at radius 1 is 1.29 bits per heavy atom. The van der Waals surface area contributed by atoms with Gasteiger partial charge in [-0.15, -0.1) is 0 Å². The fraction of sp³-hybridized carbons (Fsp3) is 0.474. The highest BCUT2D eigenvalue weighted by molar-refractivity contribution is 6.31. The number of carbonyl (C=O) groups excluding carboxylic acids is 2. The zero-order chi connectivity index (χ0) is 17.5. The molecule has 2 rings (SSSR count). The van der Waals surface area contributed by atoms with E-state index in [0.29, 0.717) is 17.3 Å². The number of carbonyl (C=O) groups is 2. The van der Waals surface area contributed by atoms with E-state index in [0.717, 1.165) is 24.8 Å². The summed E-state index contributed by atoms with van der Waals surface area (Å²) in [5, 5.41) is 3.46. The van der Waals surface area contributed by atoms with Crippen LogP contribution in [0.15, 0.2) is 29.8 Å². The van der Waals surface area contributed by atoms with Crippen molar-refractivity contribution in [1.82, 2.24) is 5.32 Å². The van der Waals surface area contributed by atoms with Crippen LogP contribution in [0.2, 0.25) is 5.02 Å². The summed E-state index contributed by atoms with van der Waals surface area (Å²) < 4.78 is 0. The molecule has 0 unspecified atom stereocenters. The molecule has 130 valence electrons. The number of nitrogens with one attached hydrogen (secondary N) is 1. The molecule has 0 spiro atoms. The van der Waals surface area contributed by atoms with Crippen LogP contribution in [0.3, 0.4) is 0 Å². The van der Waals surface area contributed by atoms with Gasteiger partial charge in [-0.2, -0.15) is 0 Å². The average molecular weight is 349 g/mol. The Balaban J connectivity index is 1.92. The number of halogens is 1. The van der Waals surface area contributed by atoms with Gasteiger partial charge in [0.1, 0.15) is 6.54 Å². The first-order chi connectivity index (χ1) is 11.5. The first-order valence-electron chi connectivity index (χ1n) is 8.46. The molecule has 1 aromatic carbocycles. The van der Waals surface area contributed by atoms with Gasteiger partial charge < -0.3 is 10.2 Å². The Labute approximate surface area is 148 Å². The predicted octanol–water partition coefficient (Wildman–Crippen LogP) is 4.01. The Morgan fingerprint density at radius 3 is 2.75 bits per heavy atom. The number of aryl methyl sites for hydroxylation is 1. The summed E-state index contributed by atoms with van der Waals surface area (Å²) >= 11 is 6.03. The van der Waals surface area contributed by atoms with Gasteiger partial charge >= 0.3 is 0 Å². The number of allylic oxidation sites excluding steroid dienone is 1. The summed E-state index contributed by atoms with van der Waals surface area (Å²) in [4.78, 5) is 25.6. The molecule has 0 saturated heterocycles. The van der Waals surface area contributed by atoms with E-state index in [4.69, 9.17) is 11.6 Å². The molecular formula is C19H25ClN2O2. The van der Waals surface area contributed by atoms with Crippen LogP contribution in [0.25, 0.3) is 0 Å². The van der Waals surface area contributed by atoms with Crippen molar-refractivity contribution in [2.24, 2.45) is 0 Å². The van der Waals surface area contributed by atoms with Gasteiger partial charge in [-0.05, 0) is 56.7 Å². The highest BCUT2D eigenvalue weighted by atomic mass is 35.5. The second-order valence-electron chi connectivity index (χ2n) is 6.24. The summed E-state index contributed by atoms with van der Waals surface area (Å²) in [6, 6.07) is 5.34. The van der Waals surface area contributed by atoms with Gasteiger partial charge in [0.15, 0.2) is 0 Å². The molecule has 0 aliphatic heterocycles. The molecule has 1 aliphatic carbocycles. The number of nitrogens with zero attached hydrogens (tertiary/aromatic N) is 1. The number of benzene rings is 1. The minimum Gasteiger partial charge on any atom is -0.354 e. The summed E-state index contributed by atoms with van der Waals surface area (Å²) in [7, 11) is 0. The lowest BCUT2D eigenvalue weighted by molar-refractivity contribution is -0.123. The molecule has 0 heterocycles. The van der Waals surface area contributed by atoms with Crippen LogP contribution in [-0.4, -0.2) is 24.9 Å². The maximum Gasteiger partial charge on any atom is 0.240 e. The maximum absolute atomic E-state index is 12.2. The van der Waals surface area contributed by atoms with Crippen molar-refractivity contribution in [3.8, 4) is 0 Å². The molecule has 5 heteroatoms. The van der Waals surface area contributed by atoms with Crippen LogP contribution in [0, 0.1) is 6.92 Å². The van der Waals surface area contributed by atoms with E-state index in [9.17, 15) is 9.59 Å². The fourth-order valence-electron chi connectivity index (χ4n) is 2.93. The van der Waals surface area contributed by atoms with Gasteiger partial charge in [0.05, 0.1) is 0 Å². The summed E-state index contributed by atoms with van der Waals surface area (Å²) in [6.45, 7) is 3.98. The highest BCUT2D eigenvalue weighted by Crippen LogP contribution is 2.24. The van der Waals surface area contributed by atoms with Gasteiger partial charge in [-0.25, -0.2) is 0 Å². The molecule has 0 bridgehead atoms. The zero-order valence-electron chi connectivity index (χ0n) is 14.4. The molecule has 4 nitrogen and oxygen atoms in total. The first-order valence-corrected chi connectivity index (χ1v) is 8.84. The van der Waals surface area contributed by atoms with Crippen LogP contribution in [0.1, 0.15) is 44.6 Å². The molecule has 0 fully saturated rings. The van der Waals surface area contributed by atoms with Crippen LogP contribution >= 0.6 is 11.6 Å². The highest BCUT2D eigenvalue weighted by Gasteiger charge is 2.18. The quantitative estimate of drug-likeness (QED) is 0.790. The minimum atomic E-state index is -0.175. The molecule has 0 saturated carbocycles. The summed E-state index contributed by atoms with van der Waals surface area (Å²) in [5.41, 5.74) is 3.02. The van der Waals surface area contributed by atoms with Crippen molar-refractivity contribution in [2.75, 3.05) is 18.0 Å². The van der Waals surface area contributed by atoms with Gasteiger partial charge in [-0.1, -0.05) is 29.3 Å². The van der Waals surface area contributed by atoms with Crippen molar-refractivity contribution in [2.45, 2.75) is 46.0 Å². The van der Waals surface area contributed by atoms with E-state index >= 15 is 0 Å². The second kappa shape index (κ2) is 8.88. The Kier molecular flexibility index (Phi) is 6.85. The molecule has 0 aromatic heterocycles. The third-order valence-electron chi connectivity index (χ3n) is 4.30. The average Bonchev–Trinajstić information content (AvgIpc) is 2.56. The maximum atomic E-state index is 12.2. The van der Waals surface area contributed by atoms with E-state index in [-0.39, 0.29) is 18.4 Å². The van der Waals surface area contributed by atoms with Gasteiger partial charge in [0.25, 0.3) is 0 Å². The number of hydrogen-bond acceptors (Lipinski definition) is 2. The predicted molar refractivity (Wildman–Crippen MR) is 98.4 cm³/mol. The molecule has 0 atom stereocenters. The normalized spacial score (nSPS) is 14.0. The van der Waals surface area contributed by atoms with Gasteiger partial charge in [0.2, 0.25) is 11.8 Å². The van der Waals surface area contributed by atoms with E-state index in [1.54, 1.807) is 12.1 Å². The molecule has 1 aromatic rings. The van der Waals surface area contributed by atoms with Crippen molar-refractivity contribution in [1.29, 1.82) is 0 Å². The SMILES string of the molecule is CC(=O)N(CC(=O)NCCC1=CCCCC1)c1cc(Cl)ccc1C. The second-order valence-corrected chi connectivity index (χ2v) is 6.68. The number of anilines is 1. The molecular weight excluding hydrogens is 324 g/mol. The lowest BCUT2D eigenvalue weighted by Gasteiger charge is -2.23. The lowest BCUT2D eigenvalue weighted by Crippen LogP contribution is -2.40. The van der Waals surface area contributed by atoms with E-state index in [1.165, 1.54) is 30.2 Å². The Hall–Kier alpha value is -1.81. The third kappa shape index (κ3) is 5.38. The summed E-state index contributed by atoms with van der Waals surface area (Å²) in [6.07, 6.45) is 7.97. The van der Waals surface area contributed by atoms with Gasteiger partial charge in [0, 0.05) is 24.2 Å². The smallest absolute Gasteiger partial charge is 0.240 e. The summed E-state index contributed by atoms with van der Waals surface area (Å²) in [5.74, 6) is -0.327. The number of rotatable bonds is 6. The fourth-order valence-corrected chi connectivity index (χ4v) is 3.10. The topological polar surface area (TPSA) is 49.4 Å². The van der Waals surface area contributed by atoms with E-state index < -0.39 is 0 Å². The zero-order valence-corrected chi connectivity index (χ0v) is 15.2. The van der Waals surface area contributed by atoms with E-state index in [1.807, 2.05) is 13.0 Å². The van der Waals surface area contributed by atoms with Crippen LogP contribution in [0.5, 0.6) is 0 Å². The third-order valence-corrected chi connectivity index (χ3v) is 4.53. The van der Waals surface area contributed by atoms with Crippen molar-refractivity contribution < 1.29 is 9.59 Å². The molecule has 0 radical (unpaired) electrons. The van der Waals surface area contributed by atoms with Crippen LogP contribution < -0.4 is 10.2 Å². The molecule has 2 amide bonds. The molecule has 24 heavy (non-hydrogen) atoms. The van der Waals surface area contributed by atoms with Crippen molar-refractivity contribution in [3.63, 3.8) is 0 Å². The molecule has 1 N–H and O–H groups in total. The Morgan fingerprint density at radius 2 is 2.08 bits per heavy atom. The standard InChI is InChI=1S/C19H25ClN2O2/c1-14-8-9-17(20)12-18(14)22(15(2)23)13-19(24)21-11-10-16-6-4-3-5-7-16/h6,8-9,12H,3-5,7,10-11,13H2,1-2H3,(H,21,24). The number of amides is 2. The van der Waals surface area contributed by atoms with Crippen LogP contribution in [0.4, 0.5) is 5.69 Å². The van der Waals surface area contributed by atoms with Gasteiger partial charge in [-0.3, -0.25) is 9.59 Å². The monoisotopic (exact) mass is 348 g/mol. The molecule has 1 aliphatic rings. The van der Waals surface area contributed by atoms with Crippen LogP contribution in [-0.2, 0) is 9.59 Å².